The summed E-state index contributed by atoms with van der Waals surface area (Å²) in [5.74, 6) is 5.38. The van der Waals surface area contributed by atoms with Crippen molar-refractivity contribution in [3.63, 3.8) is 0 Å². The van der Waals surface area contributed by atoms with Gasteiger partial charge in [0.1, 0.15) is 0 Å². The van der Waals surface area contributed by atoms with E-state index in [-0.39, 0.29) is 17.7 Å². The highest BCUT2D eigenvalue weighted by Crippen LogP contribution is 2.03. The Hall–Kier alpha value is -1.73. The van der Waals surface area contributed by atoms with Crippen molar-refractivity contribution in [2.45, 2.75) is 20.0 Å². The van der Waals surface area contributed by atoms with Crippen molar-refractivity contribution in [3.05, 3.63) is 17.8 Å². The minimum Gasteiger partial charge on any atom is -0.377 e. The Bertz CT molecular complexity index is 380. The van der Waals surface area contributed by atoms with Crippen LogP contribution in [0.5, 0.6) is 0 Å². The molecule has 0 saturated heterocycles. The van der Waals surface area contributed by atoms with E-state index >= 15 is 0 Å². The lowest BCUT2D eigenvalue weighted by atomic mass is 10.3. The van der Waals surface area contributed by atoms with Crippen LogP contribution in [0.2, 0.25) is 0 Å². The molecule has 0 unspecified atom stereocenters. The Balaban J connectivity index is 2.51. The maximum atomic E-state index is 11.9. The zero-order valence-corrected chi connectivity index (χ0v) is 10.9. The van der Waals surface area contributed by atoms with Crippen molar-refractivity contribution in [1.82, 2.24) is 15.1 Å². The number of nitrogen functional groups attached to an aromatic ring is 1. The molecule has 1 aromatic heterocycles. The molecule has 1 rings (SSSR count). The first kappa shape index (κ1) is 14.3. The number of hydrogen-bond donors (Lipinski definition) is 2. The number of likely N-dealkylation sites (N-methyl/N-ethyl adjacent to an activating group) is 1. The Morgan fingerprint density at radius 3 is 2.72 bits per heavy atom. The van der Waals surface area contributed by atoms with Crippen molar-refractivity contribution in [2.75, 3.05) is 25.6 Å². The van der Waals surface area contributed by atoms with Crippen molar-refractivity contribution in [3.8, 4) is 0 Å². The molecule has 1 amide bonds. The van der Waals surface area contributed by atoms with Crippen LogP contribution in [0, 0.1) is 0 Å². The number of rotatable bonds is 6. The average molecular weight is 253 g/mol. The van der Waals surface area contributed by atoms with E-state index in [0.29, 0.717) is 19.0 Å². The summed E-state index contributed by atoms with van der Waals surface area (Å²) in [7, 11) is 1.70. The van der Waals surface area contributed by atoms with Crippen LogP contribution in [-0.2, 0) is 4.74 Å². The predicted molar refractivity (Wildman–Crippen MR) is 67.9 cm³/mol. The molecule has 0 bridgehead atoms. The first-order valence-corrected chi connectivity index (χ1v) is 5.72. The lowest BCUT2D eigenvalue weighted by Gasteiger charge is -2.17. The van der Waals surface area contributed by atoms with E-state index in [0.717, 1.165) is 0 Å². The molecule has 7 heteroatoms. The van der Waals surface area contributed by atoms with Gasteiger partial charge < -0.3 is 15.1 Å². The van der Waals surface area contributed by atoms with Gasteiger partial charge in [0, 0.05) is 13.6 Å². The van der Waals surface area contributed by atoms with Crippen LogP contribution in [-0.4, -0.2) is 47.3 Å². The highest BCUT2D eigenvalue weighted by molar-refractivity contribution is 5.92. The number of hydrazine groups is 1. The summed E-state index contributed by atoms with van der Waals surface area (Å²) in [6.07, 6.45) is 0.156. The number of carbonyl (C=O) groups excluding carboxylic acids is 1. The standard InChI is InChI=1S/C11H19N5O2/c1-8(2)18-7-6-16(3)11(17)9-4-5-10(13-12)15-14-9/h4-5,8H,6-7,12H2,1-3H3,(H,13,15). The van der Waals surface area contributed by atoms with Crippen LogP contribution in [0.1, 0.15) is 24.3 Å². The first-order chi connectivity index (χ1) is 8.54. The summed E-state index contributed by atoms with van der Waals surface area (Å²) < 4.78 is 5.38. The Morgan fingerprint density at radius 2 is 2.22 bits per heavy atom. The van der Waals surface area contributed by atoms with Gasteiger partial charge in [-0.2, -0.15) is 0 Å². The molecule has 0 spiro atoms. The van der Waals surface area contributed by atoms with Gasteiger partial charge in [-0.15, -0.1) is 10.2 Å². The predicted octanol–water partition coefficient (Wildman–Crippen LogP) is 0.259. The summed E-state index contributed by atoms with van der Waals surface area (Å²) >= 11 is 0. The second-order valence-electron chi connectivity index (χ2n) is 4.09. The maximum Gasteiger partial charge on any atom is 0.274 e. The summed E-state index contributed by atoms with van der Waals surface area (Å²) in [4.78, 5) is 13.5. The number of anilines is 1. The van der Waals surface area contributed by atoms with Gasteiger partial charge >= 0.3 is 0 Å². The molecule has 18 heavy (non-hydrogen) atoms. The van der Waals surface area contributed by atoms with Gasteiger partial charge in [-0.1, -0.05) is 0 Å². The molecule has 0 fully saturated rings. The second-order valence-corrected chi connectivity index (χ2v) is 4.09. The number of nitrogens with one attached hydrogen (secondary N) is 1. The lowest BCUT2D eigenvalue weighted by molar-refractivity contribution is 0.0528. The first-order valence-electron chi connectivity index (χ1n) is 5.72. The largest absolute Gasteiger partial charge is 0.377 e. The highest BCUT2D eigenvalue weighted by atomic mass is 16.5. The molecule has 0 atom stereocenters. The molecular weight excluding hydrogens is 234 g/mol. The smallest absolute Gasteiger partial charge is 0.274 e. The number of hydrogen-bond acceptors (Lipinski definition) is 6. The molecule has 0 radical (unpaired) electrons. The van der Waals surface area contributed by atoms with Crippen molar-refractivity contribution in [1.29, 1.82) is 0 Å². The summed E-state index contributed by atoms with van der Waals surface area (Å²) in [6.45, 7) is 4.91. The van der Waals surface area contributed by atoms with Gasteiger partial charge in [-0.25, -0.2) is 5.84 Å². The highest BCUT2D eigenvalue weighted by Gasteiger charge is 2.13. The SMILES string of the molecule is CC(C)OCCN(C)C(=O)c1ccc(NN)nn1. The van der Waals surface area contributed by atoms with E-state index in [1.165, 1.54) is 0 Å². The number of amides is 1. The van der Waals surface area contributed by atoms with Crippen LogP contribution < -0.4 is 11.3 Å². The quantitative estimate of drug-likeness (QED) is 0.558. The minimum absolute atomic E-state index is 0.156. The van der Waals surface area contributed by atoms with E-state index in [1.807, 2.05) is 13.8 Å². The van der Waals surface area contributed by atoms with Gasteiger partial charge in [0.05, 0.1) is 12.7 Å². The molecule has 0 aromatic carbocycles. The summed E-state index contributed by atoms with van der Waals surface area (Å²) in [6, 6.07) is 3.17. The van der Waals surface area contributed by atoms with Gasteiger partial charge in [0.2, 0.25) is 0 Å². The van der Waals surface area contributed by atoms with E-state index in [2.05, 4.69) is 15.6 Å². The third kappa shape index (κ3) is 4.27. The summed E-state index contributed by atoms with van der Waals surface area (Å²) in [5, 5.41) is 7.53. The Kier molecular flexibility index (Phi) is 5.47. The number of ether oxygens (including phenoxy) is 1. The van der Waals surface area contributed by atoms with Crippen LogP contribution in [0.15, 0.2) is 12.1 Å². The zero-order chi connectivity index (χ0) is 13.5. The second kappa shape index (κ2) is 6.87. The fourth-order valence-corrected chi connectivity index (χ4v) is 1.25. The topological polar surface area (TPSA) is 93.4 Å². The van der Waals surface area contributed by atoms with Crippen LogP contribution in [0.3, 0.4) is 0 Å². The van der Waals surface area contributed by atoms with Crippen molar-refractivity contribution < 1.29 is 9.53 Å². The van der Waals surface area contributed by atoms with Gasteiger partial charge in [0.15, 0.2) is 11.5 Å². The zero-order valence-electron chi connectivity index (χ0n) is 10.9. The third-order valence-corrected chi connectivity index (χ3v) is 2.26. The molecule has 1 aromatic rings. The maximum absolute atomic E-state index is 11.9. The molecule has 7 nitrogen and oxygen atoms in total. The van der Waals surface area contributed by atoms with Gasteiger partial charge in [-0.05, 0) is 26.0 Å². The minimum atomic E-state index is -0.196. The van der Waals surface area contributed by atoms with E-state index < -0.39 is 0 Å². The van der Waals surface area contributed by atoms with Crippen molar-refractivity contribution >= 4 is 11.7 Å². The average Bonchev–Trinajstić information content (AvgIpc) is 2.37. The third-order valence-electron chi connectivity index (χ3n) is 2.26. The fourth-order valence-electron chi connectivity index (χ4n) is 1.25. The molecule has 0 aliphatic heterocycles. The van der Waals surface area contributed by atoms with Crippen LogP contribution in [0.25, 0.3) is 0 Å². The van der Waals surface area contributed by atoms with Gasteiger partial charge in [0.25, 0.3) is 5.91 Å². The fraction of sp³-hybridized carbons (Fsp3) is 0.545. The van der Waals surface area contributed by atoms with Crippen LogP contribution >= 0.6 is 0 Å². The number of nitrogens with two attached hydrogens (primary N) is 1. The lowest BCUT2D eigenvalue weighted by Crippen LogP contribution is -2.31. The molecular formula is C11H19N5O2. The Morgan fingerprint density at radius 1 is 1.50 bits per heavy atom. The molecule has 0 aliphatic rings. The molecule has 0 saturated carbocycles. The van der Waals surface area contributed by atoms with Crippen LogP contribution in [0.4, 0.5) is 5.82 Å². The molecule has 3 N–H and O–H groups in total. The number of nitrogens with zero attached hydrogens (tertiary/aromatic N) is 3. The number of aromatic nitrogens is 2. The monoisotopic (exact) mass is 253 g/mol. The van der Waals surface area contributed by atoms with E-state index in [1.54, 1.807) is 24.1 Å². The Labute approximate surface area is 106 Å². The van der Waals surface area contributed by atoms with E-state index in [4.69, 9.17) is 10.6 Å². The van der Waals surface area contributed by atoms with E-state index in [9.17, 15) is 4.79 Å². The summed E-state index contributed by atoms with van der Waals surface area (Å²) in [5.41, 5.74) is 2.63. The normalized spacial score (nSPS) is 10.5. The molecule has 1 heterocycles. The molecule has 100 valence electrons. The van der Waals surface area contributed by atoms with Crippen molar-refractivity contribution in [2.24, 2.45) is 5.84 Å². The van der Waals surface area contributed by atoms with Gasteiger partial charge in [-0.3, -0.25) is 4.79 Å². The number of carbonyl (C=O) groups is 1. The molecule has 0 aliphatic carbocycles.